The normalized spacial score (nSPS) is 14.7. The zero-order chi connectivity index (χ0) is 10.8. The van der Waals surface area contributed by atoms with Gasteiger partial charge in [0.2, 0.25) is 6.79 Å². The maximum absolute atomic E-state index is 8.55. The summed E-state index contributed by atoms with van der Waals surface area (Å²) in [5, 5.41) is 9.06. The Labute approximate surface area is 92.1 Å². The summed E-state index contributed by atoms with van der Waals surface area (Å²) < 4.78 is 10.4. The van der Waals surface area contributed by atoms with Gasteiger partial charge in [-0.2, -0.15) is 5.26 Å². The number of hydrogen-bond acceptors (Lipinski definition) is 4. The molecule has 0 aliphatic carbocycles. The average Bonchev–Trinajstić information content (AvgIpc) is 2.63. The van der Waals surface area contributed by atoms with E-state index in [2.05, 4.69) is 0 Å². The van der Waals surface area contributed by atoms with E-state index in [1.165, 1.54) is 0 Å². The lowest BCUT2D eigenvalue weighted by Crippen LogP contribution is -2.09. The highest BCUT2D eigenvalue weighted by molar-refractivity contribution is 6.31. The molecule has 5 heteroatoms. The van der Waals surface area contributed by atoms with E-state index in [0.717, 1.165) is 0 Å². The number of benzene rings is 1. The van der Waals surface area contributed by atoms with Crippen molar-refractivity contribution >= 4 is 11.6 Å². The van der Waals surface area contributed by atoms with Crippen LogP contribution >= 0.6 is 11.6 Å². The van der Waals surface area contributed by atoms with Crippen molar-refractivity contribution in [2.24, 2.45) is 5.73 Å². The minimum absolute atomic E-state index is 0.197. The molecule has 0 saturated heterocycles. The molecule has 0 bridgehead atoms. The van der Waals surface area contributed by atoms with E-state index < -0.39 is 6.04 Å². The summed E-state index contributed by atoms with van der Waals surface area (Å²) in [7, 11) is 0. The number of nitrogens with two attached hydrogens (primary N) is 1. The van der Waals surface area contributed by atoms with Gasteiger partial charge in [-0.3, -0.25) is 0 Å². The first-order valence-corrected chi connectivity index (χ1v) is 4.81. The SMILES string of the molecule is N#CC[C@@H](N)c1cc2c(cc1Cl)OCO2. The molecule has 1 aliphatic heterocycles. The first-order chi connectivity index (χ1) is 7.22. The van der Waals surface area contributed by atoms with E-state index in [4.69, 9.17) is 32.1 Å². The Morgan fingerprint density at radius 3 is 2.80 bits per heavy atom. The van der Waals surface area contributed by atoms with E-state index in [1.54, 1.807) is 12.1 Å². The quantitative estimate of drug-likeness (QED) is 0.834. The third kappa shape index (κ3) is 1.84. The lowest BCUT2D eigenvalue weighted by molar-refractivity contribution is 0.174. The summed E-state index contributed by atoms with van der Waals surface area (Å²) in [6, 6.07) is 5.01. The van der Waals surface area contributed by atoms with Crippen molar-refractivity contribution in [2.45, 2.75) is 12.5 Å². The second kappa shape index (κ2) is 3.97. The lowest BCUT2D eigenvalue weighted by atomic mass is 10.0. The summed E-state index contributed by atoms with van der Waals surface area (Å²) in [4.78, 5) is 0. The fraction of sp³-hybridized carbons (Fsp3) is 0.300. The van der Waals surface area contributed by atoms with E-state index in [9.17, 15) is 0 Å². The van der Waals surface area contributed by atoms with Gasteiger partial charge in [-0.15, -0.1) is 0 Å². The topological polar surface area (TPSA) is 68.3 Å². The molecule has 1 aromatic rings. The van der Waals surface area contributed by atoms with Crippen LogP contribution in [0.25, 0.3) is 0 Å². The van der Waals surface area contributed by atoms with Crippen LogP contribution in [0.15, 0.2) is 12.1 Å². The smallest absolute Gasteiger partial charge is 0.231 e. The van der Waals surface area contributed by atoms with Gasteiger partial charge in [0.1, 0.15) is 0 Å². The van der Waals surface area contributed by atoms with Crippen molar-refractivity contribution in [1.29, 1.82) is 5.26 Å². The second-order valence-corrected chi connectivity index (χ2v) is 3.60. The van der Waals surface area contributed by atoms with E-state index in [0.29, 0.717) is 22.1 Å². The van der Waals surface area contributed by atoms with Gasteiger partial charge in [-0.25, -0.2) is 0 Å². The predicted molar refractivity (Wildman–Crippen MR) is 54.7 cm³/mol. The fourth-order valence-corrected chi connectivity index (χ4v) is 1.72. The zero-order valence-corrected chi connectivity index (χ0v) is 8.62. The molecular formula is C10H9ClN2O2. The van der Waals surface area contributed by atoms with Gasteiger partial charge < -0.3 is 15.2 Å². The molecule has 1 heterocycles. The van der Waals surface area contributed by atoms with Crippen molar-refractivity contribution in [1.82, 2.24) is 0 Å². The van der Waals surface area contributed by atoms with E-state index in [1.807, 2.05) is 6.07 Å². The highest BCUT2D eigenvalue weighted by Crippen LogP contribution is 2.38. The molecule has 0 spiro atoms. The van der Waals surface area contributed by atoms with Crippen molar-refractivity contribution in [3.63, 3.8) is 0 Å². The number of fused-ring (bicyclic) bond motifs is 1. The summed E-state index contributed by atoms with van der Waals surface area (Å²) in [6.07, 6.45) is 0.222. The van der Waals surface area contributed by atoms with Gasteiger partial charge in [0.15, 0.2) is 11.5 Å². The van der Waals surface area contributed by atoms with Gasteiger partial charge >= 0.3 is 0 Å². The van der Waals surface area contributed by atoms with Crippen molar-refractivity contribution in [2.75, 3.05) is 6.79 Å². The molecule has 2 N–H and O–H groups in total. The average molecular weight is 225 g/mol. The lowest BCUT2D eigenvalue weighted by Gasteiger charge is -2.10. The Hall–Kier alpha value is -1.44. The van der Waals surface area contributed by atoms with Crippen LogP contribution in [0.1, 0.15) is 18.0 Å². The van der Waals surface area contributed by atoms with Crippen LogP contribution in [0.4, 0.5) is 0 Å². The van der Waals surface area contributed by atoms with Crippen LogP contribution in [0.2, 0.25) is 5.02 Å². The molecule has 4 nitrogen and oxygen atoms in total. The highest BCUT2D eigenvalue weighted by atomic mass is 35.5. The molecule has 0 fully saturated rings. The highest BCUT2D eigenvalue weighted by Gasteiger charge is 2.19. The summed E-state index contributed by atoms with van der Waals surface area (Å²) in [6.45, 7) is 0.197. The molecule has 1 aliphatic rings. The number of nitriles is 1. The molecular weight excluding hydrogens is 216 g/mol. The maximum Gasteiger partial charge on any atom is 0.231 e. The molecule has 15 heavy (non-hydrogen) atoms. The third-order valence-corrected chi connectivity index (χ3v) is 2.53. The molecule has 2 rings (SSSR count). The Morgan fingerprint density at radius 2 is 2.13 bits per heavy atom. The number of ether oxygens (including phenoxy) is 2. The maximum atomic E-state index is 8.55. The first-order valence-electron chi connectivity index (χ1n) is 4.44. The third-order valence-electron chi connectivity index (χ3n) is 2.20. The minimum atomic E-state index is -0.392. The van der Waals surface area contributed by atoms with Gasteiger partial charge in [0, 0.05) is 17.1 Å². The number of nitrogens with zero attached hydrogens (tertiary/aromatic N) is 1. The van der Waals surface area contributed by atoms with Crippen LogP contribution in [-0.2, 0) is 0 Å². The largest absolute Gasteiger partial charge is 0.454 e. The van der Waals surface area contributed by atoms with Crippen LogP contribution in [0.3, 0.4) is 0 Å². The van der Waals surface area contributed by atoms with Crippen LogP contribution in [0, 0.1) is 11.3 Å². The number of rotatable bonds is 2. The Bertz CT molecular complexity index is 428. The second-order valence-electron chi connectivity index (χ2n) is 3.20. The fourth-order valence-electron chi connectivity index (χ4n) is 1.43. The first kappa shape index (κ1) is 10.1. The van der Waals surface area contributed by atoms with Crippen LogP contribution < -0.4 is 15.2 Å². The molecule has 78 valence electrons. The predicted octanol–water partition coefficient (Wildman–Crippen LogP) is 1.98. The zero-order valence-electron chi connectivity index (χ0n) is 7.87. The Kier molecular flexibility index (Phi) is 2.67. The van der Waals surface area contributed by atoms with Crippen LogP contribution in [0.5, 0.6) is 11.5 Å². The molecule has 0 unspecified atom stereocenters. The van der Waals surface area contributed by atoms with Gasteiger partial charge in [0.05, 0.1) is 12.5 Å². The van der Waals surface area contributed by atoms with Crippen molar-refractivity contribution in [3.8, 4) is 17.6 Å². The molecule has 0 aromatic heterocycles. The minimum Gasteiger partial charge on any atom is -0.454 e. The van der Waals surface area contributed by atoms with E-state index in [-0.39, 0.29) is 13.2 Å². The standard InChI is InChI=1S/C10H9ClN2O2/c11-7-4-10-9(14-5-15-10)3-6(7)8(13)1-2-12/h3-4,8H,1,5,13H2/t8-/m1/s1. The summed E-state index contributed by atoms with van der Waals surface area (Å²) >= 11 is 6.01. The molecule has 0 saturated carbocycles. The number of halogens is 1. The van der Waals surface area contributed by atoms with Gasteiger partial charge in [0.25, 0.3) is 0 Å². The molecule has 0 radical (unpaired) electrons. The number of hydrogen-bond donors (Lipinski definition) is 1. The van der Waals surface area contributed by atoms with Crippen LogP contribution in [-0.4, -0.2) is 6.79 Å². The van der Waals surface area contributed by atoms with Gasteiger partial charge in [-0.05, 0) is 11.6 Å². The Morgan fingerprint density at radius 1 is 1.47 bits per heavy atom. The summed E-state index contributed by atoms with van der Waals surface area (Å²) in [5.74, 6) is 1.25. The summed E-state index contributed by atoms with van der Waals surface area (Å²) in [5.41, 5.74) is 6.51. The van der Waals surface area contributed by atoms with Crippen molar-refractivity contribution < 1.29 is 9.47 Å². The van der Waals surface area contributed by atoms with E-state index >= 15 is 0 Å². The Balaban J connectivity index is 2.37. The van der Waals surface area contributed by atoms with Crippen molar-refractivity contribution in [3.05, 3.63) is 22.7 Å². The molecule has 0 amide bonds. The monoisotopic (exact) mass is 224 g/mol. The molecule has 1 aromatic carbocycles. The molecule has 1 atom stereocenters. The van der Waals surface area contributed by atoms with Gasteiger partial charge in [-0.1, -0.05) is 11.6 Å².